The van der Waals surface area contributed by atoms with Crippen molar-refractivity contribution < 1.29 is 0 Å². The Labute approximate surface area is 140 Å². The fraction of sp³-hybridized carbons (Fsp3) is 0.0625. The van der Waals surface area contributed by atoms with Crippen LogP contribution in [0.25, 0.3) is 16.9 Å². The Morgan fingerprint density at radius 1 is 1.08 bits per heavy atom. The molecule has 0 radical (unpaired) electrons. The average molecular weight is 335 g/mol. The number of hydrogen-bond donors (Lipinski definition) is 3. The number of aromatic amines is 2. The van der Waals surface area contributed by atoms with Gasteiger partial charge in [-0.15, -0.1) is 0 Å². The van der Waals surface area contributed by atoms with Crippen molar-refractivity contribution in [1.82, 2.24) is 29.5 Å². The molecule has 25 heavy (non-hydrogen) atoms. The zero-order chi connectivity index (χ0) is 17.2. The van der Waals surface area contributed by atoms with Crippen molar-refractivity contribution in [2.75, 3.05) is 5.32 Å². The molecule has 0 amide bonds. The summed E-state index contributed by atoms with van der Waals surface area (Å²) in [6, 6.07) is 7.47. The van der Waals surface area contributed by atoms with Gasteiger partial charge in [0.1, 0.15) is 12.1 Å². The quantitative estimate of drug-likeness (QED) is 0.507. The molecule has 0 atom stereocenters. The minimum Gasteiger partial charge on any atom is -0.366 e. The van der Waals surface area contributed by atoms with Crippen LogP contribution in [0.4, 0.5) is 5.82 Å². The van der Waals surface area contributed by atoms with Crippen molar-refractivity contribution in [1.29, 1.82) is 0 Å². The van der Waals surface area contributed by atoms with Crippen molar-refractivity contribution in [3.8, 4) is 5.69 Å². The maximum absolute atomic E-state index is 11.7. The molecule has 9 nitrogen and oxygen atoms in total. The summed E-state index contributed by atoms with van der Waals surface area (Å²) in [5.41, 5.74) is 1.11. The molecule has 9 heteroatoms. The number of anilines is 1. The highest BCUT2D eigenvalue weighted by Gasteiger charge is 2.09. The first-order valence-corrected chi connectivity index (χ1v) is 7.49. The maximum Gasteiger partial charge on any atom is 0.327 e. The van der Waals surface area contributed by atoms with Crippen molar-refractivity contribution >= 4 is 17.0 Å². The molecule has 0 aromatic carbocycles. The van der Waals surface area contributed by atoms with E-state index in [0.29, 0.717) is 23.7 Å². The number of nitrogens with zero attached hydrogens (tertiary/aromatic N) is 4. The first kappa shape index (κ1) is 14.8. The third kappa shape index (κ3) is 2.90. The topological polar surface area (TPSA) is 121 Å². The number of H-pyrrole nitrogens is 2. The van der Waals surface area contributed by atoms with Crippen LogP contribution in [0.2, 0.25) is 0 Å². The fourth-order valence-corrected chi connectivity index (χ4v) is 2.46. The number of aromatic nitrogens is 6. The minimum atomic E-state index is -0.582. The summed E-state index contributed by atoms with van der Waals surface area (Å²) in [6.45, 7) is 0.608. The standard InChI is InChI=1S/C16H13N7O2/c24-15-13-14(21-16(25)22-15)23(9-20-13)11-3-4-12(19-8-11)18-7-10-2-1-5-17-6-10/h1-6,8-9H,7H2,(H,18,19)(H2,21,22,24,25). The highest BCUT2D eigenvalue weighted by atomic mass is 16.2. The van der Waals surface area contributed by atoms with Crippen LogP contribution < -0.4 is 16.6 Å². The molecular formula is C16H13N7O2. The van der Waals surface area contributed by atoms with Gasteiger partial charge >= 0.3 is 5.69 Å². The van der Waals surface area contributed by atoms with E-state index in [2.05, 4.69) is 30.2 Å². The van der Waals surface area contributed by atoms with Gasteiger partial charge in [-0.05, 0) is 23.8 Å². The van der Waals surface area contributed by atoms with Gasteiger partial charge in [-0.2, -0.15) is 0 Å². The summed E-state index contributed by atoms with van der Waals surface area (Å²) in [5, 5.41) is 3.20. The molecular weight excluding hydrogens is 322 g/mol. The molecule has 0 aliphatic carbocycles. The van der Waals surface area contributed by atoms with Gasteiger partial charge in [0.2, 0.25) is 0 Å². The van der Waals surface area contributed by atoms with Crippen LogP contribution in [0, 0.1) is 0 Å². The van der Waals surface area contributed by atoms with E-state index in [1.165, 1.54) is 6.33 Å². The molecule has 0 bridgehead atoms. The zero-order valence-corrected chi connectivity index (χ0v) is 12.9. The van der Waals surface area contributed by atoms with Gasteiger partial charge in [-0.25, -0.2) is 14.8 Å². The average Bonchev–Trinajstić information content (AvgIpc) is 3.05. The SMILES string of the molecule is O=c1[nH]c(=O)c2ncn(-c3ccc(NCc4cccnc4)nc3)c2[nH]1. The lowest BCUT2D eigenvalue weighted by Crippen LogP contribution is -2.22. The Morgan fingerprint density at radius 3 is 2.76 bits per heavy atom. The molecule has 0 aliphatic rings. The Hall–Kier alpha value is -3.75. The van der Waals surface area contributed by atoms with Crippen LogP contribution in [-0.4, -0.2) is 29.5 Å². The van der Waals surface area contributed by atoms with E-state index in [1.807, 2.05) is 24.3 Å². The molecule has 4 aromatic rings. The van der Waals surface area contributed by atoms with Gasteiger partial charge in [0.05, 0.1) is 11.9 Å². The summed E-state index contributed by atoms with van der Waals surface area (Å²) >= 11 is 0. The summed E-state index contributed by atoms with van der Waals surface area (Å²) in [5.74, 6) is 0.698. The molecule has 0 unspecified atom stereocenters. The molecule has 0 saturated heterocycles. The summed E-state index contributed by atoms with van der Waals surface area (Å²) in [7, 11) is 0. The lowest BCUT2D eigenvalue weighted by Gasteiger charge is -2.07. The minimum absolute atomic E-state index is 0.165. The van der Waals surface area contributed by atoms with Crippen LogP contribution in [0.15, 0.2) is 58.8 Å². The largest absolute Gasteiger partial charge is 0.366 e. The molecule has 4 aromatic heterocycles. The highest BCUT2D eigenvalue weighted by Crippen LogP contribution is 2.14. The van der Waals surface area contributed by atoms with E-state index in [1.54, 1.807) is 23.2 Å². The predicted molar refractivity (Wildman–Crippen MR) is 91.7 cm³/mol. The molecule has 4 rings (SSSR count). The number of imidazole rings is 1. The Bertz CT molecular complexity index is 1130. The van der Waals surface area contributed by atoms with Gasteiger partial charge < -0.3 is 5.32 Å². The van der Waals surface area contributed by atoms with E-state index in [4.69, 9.17) is 0 Å². The molecule has 3 N–H and O–H groups in total. The van der Waals surface area contributed by atoms with E-state index in [9.17, 15) is 9.59 Å². The normalized spacial score (nSPS) is 10.9. The summed E-state index contributed by atoms with van der Waals surface area (Å²) in [6.07, 6.45) is 6.61. The number of hydrogen-bond acceptors (Lipinski definition) is 6. The first-order chi connectivity index (χ1) is 12.2. The van der Waals surface area contributed by atoms with Gasteiger partial charge in [-0.1, -0.05) is 6.07 Å². The van der Waals surface area contributed by atoms with Crippen molar-refractivity contribution in [3.05, 3.63) is 75.6 Å². The number of rotatable bonds is 4. The molecule has 124 valence electrons. The van der Waals surface area contributed by atoms with Crippen LogP contribution in [-0.2, 0) is 6.54 Å². The summed E-state index contributed by atoms with van der Waals surface area (Å²) < 4.78 is 1.60. The second-order valence-corrected chi connectivity index (χ2v) is 5.34. The van der Waals surface area contributed by atoms with Gasteiger partial charge in [0.15, 0.2) is 11.2 Å². The molecule has 0 saturated carbocycles. The van der Waals surface area contributed by atoms with Crippen molar-refractivity contribution in [2.24, 2.45) is 0 Å². The van der Waals surface area contributed by atoms with Crippen molar-refractivity contribution in [2.45, 2.75) is 6.54 Å². The van der Waals surface area contributed by atoms with E-state index in [0.717, 1.165) is 5.56 Å². The van der Waals surface area contributed by atoms with Crippen LogP contribution in [0.3, 0.4) is 0 Å². The Balaban J connectivity index is 1.60. The van der Waals surface area contributed by atoms with Gasteiger partial charge in [-0.3, -0.25) is 24.3 Å². The molecule has 4 heterocycles. The van der Waals surface area contributed by atoms with Crippen LogP contribution in [0.1, 0.15) is 5.56 Å². The second-order valence-electron chi connectivity index (χ2n) is 5.34. The molecule has 0 fully saturated rings. The third-order valence-corrected chi connectivity index (χ3v) is 3.66. The van der Waals surface area contributed by atoms with E-state index in [-0.39, 0.29) is 5.52 Å². The number of nitrogens with one attached hydrogen (secondary N) is 3. The zero-order valence-electron chi connectivity index (χ0n) is 12.9. The smallest absolute Gasteiger partial charge is 0.327 e. The number of pyridine rings is 2. The van der Waals surface area contributed by atoms with E-state index < -0.39 is 11.2 Å². The maximum atomic E-state index is 11.7. The lowest BCUT2D eigenvalue weighted by atomic mass is 10.3. The second kappa shape index (κ2) is 6.04. The summed E-state index contributed by atoms with van der Waals surface area (Å²) in [4.78, 5) is 40.4. The van der Waals surface area contributed by atoms with Crippen LogP contribution >= 0.6 is 0 Å². The number of fused-ring (bicyclic) bond motifs is 1. The Kier molecular flexibility index (Phi) is 3.58. The fourth-order valence-electron chi connectivity index (χ4n) is 2.46. The Morgan fingerprint density at radius 2 is 2.00 bits per heavy atom. The lowest BCUT2D eigenvalue weighted by molar-refractivity contribution is 1.01. The molecule has 0 aliphatic heterocycles. The first-order valence-electron chi connectivity index (χ1n) is 7.49. The third-order valence-electron chi connectivity index (χ3n) is 3.66. The van der Waals surface area contributed by atoms with Crippen LogP contribution in [0.5, 0.6) is 0 Å². The predicted octanol–water partition coefficient (Wildman–Crippen LogP) is 0.804. The van der Waals surface area contributed by atoms with Gasteiger partial charge in [0, 0.05) is 18.9 Å². The van der Waals surface area contributed by atoms with Crippen molar-refractivity contribution in [3.63, 3.8) is 0 Å². The monoisotopic (exact) mass is 335 g/mol. The molecule has 0 spiro atoms. The van der Waals surface area contributed by atoms with Gasteiger partial charge in [0.25, 0.3) is 5.56 Å². The highest BCUT2D eigenvalue weighted by molar-refractivity contribution is 5.71. The van der Waals surface area contributed by atoms with E-state index >= 15 is 0 Å².